The predicted octanol–water partition coefficient (Wildman–Crippen LogP) is 3.09. The lowest BCUT2D eigenvalue weighted by molar-refractivity contribution is 0.0955. The van der Waals surface area contributed by atoms with E-state index in [2.05, 4.69) is 10.5 Å². The molecule has 0 radical (unpaired) electrons. The lowest BCUT2D eigenvalue weighted by Gasteiger charge is -2.15. The van der Waals surface area contributed by atoms with Crippen LogP contribution < -0.4 is 5.43 Å². The maximum Gasteiger partial charge on any atom is 0.271 e. The van der Waals surface area contributed by atoms with Gasteiger partial charge in [-0.05, 0) is 47.9 Å². The monoisotopic (exact) mass is 423 g/mol. The number of hydrazone groups is 1. The molecule has 3 aromatic carbocycles. The molecule has 0 saturated carbocycles. The molecule has 8 heteroatoms. The van der Waals surface area contributed by atoms with Crippen molar-refractivity contribution in [2.45, 2.75) is 17.7 Å². The van der Waals surface area contributed by atoms with Crippen molar-refractivity contribution in [2.75, 3.05) is 13.1 Å². The topological polar surface area (TPSA) is 99.1 Å². The Morgan fingerprint density at radius 2 is 1.80 bits per heavy atom. The number of aromatic hydroxyl groups is 1. The summed E-state index contributed by atoms with van der Waals surface area (Å²) in [5.41, 5.74) is 3.07. The molecule has 154 valence electrons. The van der Waals surface area contributed by atoms with Crippen LogP contribution in [0.1, 0.15) is 28.8 Å². The van der Waals surface area contributed by atoms with Crippen LogP contribution >= 0.6 is 0 Å². The number of hydrogen-bond acceptors (Lipinski definition) is 5. The molecule has 0 aliphatic carbocycles. The first-order valence-corrected chi connectivity index (χ1v) is 11.1. The van der Waals surface area contributed by atoms with Gasteiger partial charge in [-0.2, -0.15) is 9.41 Å². The van der Waals surface area contributed by atoms with E-state index in [9.17, 15) is 18.3 Å². The number of fused-ring (bicyclic) bond motifs is 1. The lowest BCUT2D eigenvalue weighted by Crippen LogP contribution is -2.28. The summed E-state index contributed by atoms with van der Waals surface area (Å²) < 4.78 is 26.9. The Labute approximate surface area is 174 Å². The number of benzene rings is 3. The van der Waals surface area contributed by atoms with Crippen molar-refractivity contribution in [3.63, 3.8) is 0 Å². The third-order valence-electron chi connectivity index (χ3n) is 5.11. The van der Waals surface area contributed by atoms with Crippen LogP contribution in [-0.2, 0) is 10.0 Å². The quantitative estimate of drug-likeness (QED) is 0.487. The number of carbonyl (C=O) groups is 1. The summed E-state index contributed by atoms with van der Waals surface area (Å²) >= 11 is 0. The second-order valence-electron chi connectivity index (χ2n) is 7.06. The summed E-state index contributed by atoms with van der Waals surface area (Å²) in [7, 11) is -3.61. The average molecular weight is 423 g/mol. The Bertz CT molecular complexity index is 1230. The molecule has 30 heavy (non-hydrogen) atoms. The number of phenols is 1. The standard InChI is InChI=1S/C22H21N3O4S/c26-21-11-10-16-6-1-2-9-19(16)20(21)15-23-24-22(27)17-7-5-8-18(14-17)30(28,29)25-12-3-4-13-25/h1-2,5-11,14-15,26H,3-4,12-13H2,(H,24,27)/b23-15+. The van der Waals surface area contributed by atoms with Crippen LogP contribution in [0.15, 0.2) is 70.7 Å². The SMILES string of the molecule is O=C(N/N=C/c1c(O)ccc2ccccc12)c1cccc(S(=O)(=O)N2CCCC2)c1. The van der Waals surface area contributed by atoms with Crippen LogP contribution in [-0.4, -0.2) is 43.0 Å². The van der Waals surface area contributed by atoms with E-state index in [1.54, 1.807) is 12.1 Å². The van der Waals surface area contributed by atoms with E-state index < -0.39 is 15.9 Å². The molecule has 1 heterocycles. The molecule has 0 atom stereocenters. The predicted molar refractivity (Wildman–Crippen MR) is 115 cm³/mol. The highest BCUT2D eigenvalue weighted by Gasteiger charge is 2.27. The number of hydrogen-bond donors (Lipinski definition) is 2. The first kappa shape index (κ1) is 20.1. The number of nitrogens with zero attached hydrogens (tertiary/aromatic N) is 2. The maximum absolute atomic E-state index is 12.7. The van der Waals surface area contributed by atoms with Crippen LogP contribution in [0, 0.1) is 0 Å². The molecular formula is C22H21N3O4S. The van der Waals surface area contributed by atoms with Gasteiger partial charge in [-0.15, -0.1) is 0 Å². The molecule has 3 aromatic rings. The maximum atomic E-state index is 12.7. The molecule has 1 fully saturated rings. The van der Waals surface area contributed by atoms with Crippen molar-refractivity contribution in [3.8, 4) is 5.75 Å². The van der Waals surface area contributed by atoms with Crippen LogP contribution in [0.2, 0.25) is 0 Å². The molecule has 0 aromatic heterocycles. The van der Waals surface area contributed by atoms with E-state index in [4.69, 9.17) is 0 Å². The summed E-state index contributed by atoms with van der Waals surface area (Å²) in [5, 5.41) is 15.8. The van der Waals surface area contributed by atoms with E-state index >= 15 is 0 Å². The van der Waals surface area contributed by atoms with Crippen LogP contribution in [0.25, 0.3) is 10.8 Å². The van der Waals surface area contributed by atoms with Gasteiger partial charge in [-0.3, -0.25) is 4.79 Å². The zero-order valence-electron chi connectivity index (χ0n) is 16.2. The van der Waals surface area contributed by atoms with Gasteiger partial charge in [0.2, 0.25) is 10.0 Å². The molecule has 0 bridgehead atoms. The molecule has 7 nitrogen and oxygen atoms in total. The van der Waals surface area contributed by atoms with Gasteiger partial charge in [0.1, 0.15) is 5.75 Å². The first-order chi connectivity index (χ1) is 14.5. The Balaban J connectivity index is 1.54. The Morgan fingerprint density at radius 1 is 1.03 bits per heavy atom. The second-order valence-corrected chi connectivity index (χ2v) is 9.00. The number of nitrogens with one attached hydrogen (secondary N) is 1. The highest BCUT2D eigenvalue weighted by Crippen LogP contribution is 2.25. The Hall–Kier alpha value is -3.23. The Kier molecular flexibility index (Phi) is 5.52. The third kappa shape index (κ3) is 3.92. The number of amides is 1. The van der Waals surface area contributed by atoms with Gasteiger partial charge >= 0.3 is 0 Å². The van der Waals surface area contributed by atoms with Crippen molar-refractivity contribution in [2.24, 2.45) is 5.10 Å². The molecule has 0 spiro atoms. The van der Waals surface area contributed by atoms with Gasteiger partial charge < -0.3 is 5.11 Å². The van der Waals surface area contributed by atoms with Gasteiger partial charge in [0.25, 0.3) is 5.91 Å². The Morgan fingerprint density at radius 3 is 2.60 bits per heavy atom. The number of rotatable bonds is 5. The molecule has 2 N–H and O–H groups in total. The molecule has 1 aliphatic rings. The molecule has 1 aliphatic heterocycles. The van der Waals surface area contributed by atoms with Gasteiger partial charge in [0.15, 0.2) is 0 Å². The van der Waals surface area contributed by atoms with Crippen molar-refractivity contribution in [1.82, 2.24) is 9.73 Å². The lowest BCUT2D eigenvalue weighted by atomic mass is 10.0. The zero-order chi connectivity index (χ0) is 21.1. The zero-order valence-corrected chi connectivity index (χ0v) is 17.0. The van der Waals surface area contributed by atoms with E-state index in [1.807, 2.05) is 24.3 Å². The molecule has 4 rings (SSSR count). The van der Waals surface area contributed by atoms with E-state index in [0.717, 1.165) is 23.6 Å². The normalized spacial score (nSPS) is 15.1. The number of phenolic OH excluding ortho intramolecular Hbond substituents is 1. The highest BCUT2D eigenvalue weighted by molar-refractivity contribution is 7.89. The molecule has 1 saturated heterocycles. The minimum Gasteiger partial charge on any atom is -0.507 e. The van der Waals surface area contributed by atoms with Crippen molar-refractivity contribution in [3.05, 3.63) is 71.8 Å². The fourth-order valence-corrected chi connectivity index (χ4v) is 5.08. The third-order valence-corrected chi connectivity index (χ3v) is 7.00. The second kappa shape index (κ2) is 8.25. The summed E-state index contributed by atoms with van der Waals surface area (Å²) in [6.07, 6.45) is 3.06. The van der Waals surface area contributed by atoms with Crippen LogP contribution in [0.3, 0.4) is 0 Å². The van der Waals surface area contributed by atoms with Gasteiger partial charge in [0.05, 0.1) is 11.1 Å². The van der Waals surface area contributed by atoms with Crippen LogP contribution in [0.5, 0.6) is 5.75 Å². The van der Waals surface area contributed by atoms with Crippen molar-refractivity contribution < 1.29 is 18.3 Å². The minimum absolute atomic E-state index is 0.0467. The van der Waals surface area contributed by atoms with Crippen molar-refractivity contribution in [1.29, 1.82) is 0 Å². The van der Waals surface area contributed by atoms with E-state index in [0.29, 0.717) is 18.7 Å². The minimum atomic E-state index is -3.61. The summed E-state index contributed by atoms with van der Waals surface area (Å²) in [5.74, 6) is -0.491. The molecular weight excluding hydrogens is 402 g/mol. The smallest absolute Gasteiger partial charge is 0.271 e. The number of sulfonamides is 1. The summed E-state index contributed by atoms with van der Waals surface area (Å²) in [4.78, 5) is 12.6. The van der Waals surface area contributed by atoms with Gasteiger partial charge in [-0.1, -0.05) is 36.4 Å². The molecule has 0 unspecified atom stereocenters. The summed E-state index contributed by atoms with van der Waals surface area (Å²) in [6.45, 7) is 0.995. The first-order valence-electron chi connectivity index (χ1n) is 9.61. The largest absolute Gasteiger partial charge is 0.507 e. The van der Waals surface area contributed by atoms with Crippen LogP contribution in [0.4, 0.5) is 0 Å². The van der Waals surface area contributed by atoms with E-state index in [1.165, 1.54) is 34.8 Å². The summed E-state index contributed by atoms with van der Waals surface area (Å²) in [6, 6.07) is 16.8. The van der Waals surface area contributed by atoms with E-state index in [-0.39, 0.29) is 16.2 Å². The highest BCUT2D eigenvalue weighted by atomic mass is 32.2. The average Bonchev–Trinajstić information content (AvgIpc) is 3.31. The van der Waals surface area contributed by atoms with Gasteiger partial charge in [-0.25, -0.2) is 13.8 Å². The molecule has 1 amide bonds. The fourth-order valence-electron chi connectivity index (χ4n) is 3.52. The van der Waals surface area contributed by atoms with Crippen molar-refractivity contribution >= 4 is 32.9 Å². The fraction of sp³-hybridized carbons (Fsp3) is 0.182. The number of carbonyl (C=O) groups excluding carboxylic acids is 1. The van der Waals surface area contributed by atoms with Gasteiger partial charge in [0, 0.05) is 24.2 Å².